The third kappa shape index (κ3) is 4.33. The van der Waals surface area contributed by atoms with Crippen molar-refractivity contribution in [1.29, 1.82) is 0 Å². The van der Waals surface area contributed by atoms with E-state index in [4.69, 9.17) is 0 Å². The zero-order valence-electron chi connectivity index (χ0n) is 16.1. The molecule has 1 aliphatic heterocycles. The van der Waals surface area contributed by atoms with Crippen LogP contribution in [0.25, 0.3) is 0 Å². The lowest BCUT2D eigenvalue weighted by atomic mass is 9.96. The van der Waals surface area contributed by atoms with Crippen molar-refractivity contribution in [2.24, 2.45) is 0 Å². The maximum atomic E-state index is 12.9. The molecule has 1 saturated heterocycles. The van der Waals surface area contributed by atoms with Gasteiger partial charge < -0.3 is 15.1 Å². The minimum absolute atomic E-state index is 0.0524. The van der Waals surface area contributed by atoms with Crippen molar-refractivity contribution in [2.75, 3.05) is 37.6 Å². The van der Waals surface area contributed by atoms with E-state index >= 15 is 0 Å². The number of halogens is 3. The number of carbonyl (C=O) groups excluding carboxylic acids is 1. The normalized spacial score (nSPS) is 18.4. The highest BCUT2D eigenvalue weighted by molar-refractivity contribution is 5.75. The van der Waals surface area contributed by atoms with Crippen LogP contribution in [0.5, 0.6) is 0 Å². The van der Waals surface area contributed by atoms with Crippen LogP contribution in [0.3, 0.4) is 0 Å². The van der Waals surface area contributed by atoms with Gasteiger partial charge in [0, 0.05) is 43.8 Å². The first-order valence-corrected chi connectivity index (χ1v) is 9.88. The van der Waals surface area contributed by atoms with Crippen LogP contribution in [0, 0.1) is 0 Å². The van der Waals surface area contributed by atoms with Gasteiger partial charge in [0.1, 0.15) is 0 Å². The van der Waals surface area contributed by atoms with E-state index in [2.05, 4.69) is 17.4 Å². The van der Waals surface area contributed by atoms with Crippen molar-refractivity contribution < 1.29 is 18.0 Å². The Kier molecular flexibility index (Phi) is 5.15. The molecule has 0 spiro atoms. The molecule has 29 heavy (non-hydrogen) atoms. The van der Waals surface area contributed by atoms with Gasteiger partial charge in [0.25, 0.3) is 0 Å². The number of hydrogen-bond donors (Lipinski definition) is 1. The number of urea groups is 1. The summed E-state index contributed by atoms with van der Waals surface area (Å²) in [4.78, 5) is 16.2. The fraction of sp³-hybridized carbons (Fsp3) is 0.409. The van der Waals surface area contributed by atoms with Gasteiger partial charge in [-0.2, -0.15) is 13.2 Å². The summed E-state index contributed by atoms with van der Waals surface area (Å²) >= 11 is 0. The smallest absolute Gasteiger partial charge is 0.368 e. The highest BCUT2D eigenvalue weighted by Crippen LogP contribution is 2.47. The number of alkyl halides is 3. The van der Waals surface area contributed by atoms with E-state index in [-0.39, 0.29) is 11.4 Å². The molecule has 1 aliphatic carbocycles. The van der Waals surface area contributed by atoms with E-state index in [0.29, 0.717) is 38.4 Å². The zero-order valence-corrected chi connectivity index (χ0v) is 16.1. The summed E-state index contributed by atoms with van der Waals surface area (Å²) in [6, 6.07) is 15.5. The van der Waals surface area contributed by atoms with Gasteiger partial charge in [-0.15, -0.1) is 0 Å². The average molecular weight is 403 g/mol. The Morgan fingerprint density at radius 3 is 2.28 bits per heavy atom. The molecule has 0 radical (unpaired) electrons. The van der Waals surface area contributed by atoms with Crippen LogP contribution in [-0.2, 0) is 11.6 Å². The van der Waals surface area contributed by atoms with Crippen LogP contribution in [0.4, 0.5) is 23.7 Å². The maximum Gasteiger partial charge on any atom is 0.416 e. The Balaban J connectivity index is 1.30. The van der Waals surface area contributed by atoms with Gasteiger partial charge in [-0.3, -0.25) is 0 Å². The molecule has 2 aromatic rings. The molecule has 4 rings (SSSR count). The fourth-order valence-electron chi connectivity index (χ4n) is 3.91. The number of carbonyl (C=O) groups is 1. The van der Waals surface area contributed by atoms with Crippen molar-refractivity contribution in [3.05, 3.63) is 65.7 Å². The number of nitrogens with zero attached hydrogens (tertiary/aromatic N) is 2. The first kappa shape index (κ1) is 19.6. The molecular formula is C22H24F3N3O. The number of hydrogen-bond acceptors (Lipinski definition) is 2. The topological polar surface area (TPSA) is 35.6 Å². The molecule has 2 fully saturated rings. The molecule has 0 unspecified atom stereocenters. The van der Waals surface area contributed by atoms with E-state index in [1.807, 2.05) is 23.1 Å². The highest BCUT2D eigenvalue weighted by Gasteiger charge is 2.44. The van der Waals surface area contributed by atoms with Crippen molar-refractivity contribution in [3.63, 3.8) is 0 Å². The third-order valence-corrected chi connectivity index (χ3v) is 5.92. The van der Waals surface area contributed by atoms with Gasteiger partial charge in [0.15, 0.2) is 0 Å². The molecule has 1 heterocycles. The number of piperazine rings is 1. The van der Waals surface area contributed by atoms with E-state index in [9.17, 15) is 18.0 Å². The van der Waals surface area contributed by atoms with Gasteiger partial charge >= 0.3 is 12.2 Å². The predicted octanol–water partition coefficient (Wildman–Crippen LogP) is 4.27. The Morgan fingerprint density at radius 1 is 0.966 bits per heavy atom. The van der Waals surface area contributed by atoms with Crippen LogP contribution in [-0.4, -0.2) is 43.7 Å². The molecule has 4 nitrogen and oxygen atoms in total. The summed E-state index contributed by atoms with van der Waals surface area (Å²) in [6.45, 7) is 2.61. The van der Waals surface area contributed by atoms with Crippen LogP contribution in [0.15, 0.2) is 54.6 Å². The van der Waals surface area contributed by atoms with Crippen molar-refractivity contribution >= 4 is 11.7 Å². The quantitative estimate of drug-likeness (QED) is 0.828. The molecule has 1 N–H and O–H groups in total. The molecule has 1 saturated carbocycles. The lowest BCUT2D eigenvalue weighted by Gasteiger charge is -2.36. The monoisotopic (exact) mass is 403 g/mol. The molecule has 7 heteroatoms. The summed E-state index contributed by atoms with van der Waals surface area (Å²) in [6.07, 6.45) is -2.21. The number of amides is 2. The first-order valence-electron chi connectivity index (χ1n) is 9.88. The molecule has 0 atom stereocenters. The van der Waals surface area contributed by atoms with Crippen LogP contribution >= 0.6 is 0 Å². The summed E-state index contributed by atoms with van der Waals surface area (Å²) in [5.74, 6) is 0. The lowest BCUT2D eigenvalue weighted by Crippen LogP contribution is -2.52. The fourth-order valence-corrected chi connectivity index (χ4v) is 3.91. The number of rotatable bonds is 4. The summed E-state index contributed by atoms with van der Waals surface area (Å²) in [5.41, 5.74) is 1.21. The number of anilines is 1. The second-order valence-corrected chi connectivity index (χ2v) is 7.83. The summed E-state index contributed by atoms with van der Waals surface area (Å²) in [7, 11) is 0. The van der Waals surface area contributed by atoms with Gasteiger partial charge in [0.05, 0.1) is 5.56 Å². The largest absolute Gasteiger partial charge is 0.416 e. The second kappa shape index (κ2) is 7.61. The Bertz CT molecular complexity index is 857. The average Bonchev–Trinajstić information content (AvgIpc) is 3.54. The van der Waals surface area contributed by atoms with E-state index in [1.165, 1.54) is 17.7 Å². The van der Waals surface area contributed by atoms with E-state index < -0.39 is 11.7 Å². The second-order valence-electron chi connectivity index (χ2n) is 7.83. The predicted molar refractivity (Wildman–Crippen MR) is 106 cm³/mol. The molecule has 2 aliphatic rings. The lowest BCUT2D eigenvalue weighted by molar-refractivity contribution is -0.137. The van der Waals surface area contributed by atoms with Crippen molar-refractivity contribution in [3.8, 4) is 0 Å². The number of nitrogens with one attached hydrogen (secondary N) is 1. The molecule has 0 aromatic heterocycles. The van der Waals surface area contributed by atoms with Gasteiger partial charge in [-0.1, -0.05) is 36.4 Å². The Morgan fingerprint density at radius 2 is 1.66 bits per heavy atom. The van der Waals surface area contributed by atoms with Crippen LogP contribution in [0.1, 0.15) is 24.0 Å². The molecule has 0 bridgehead atoms. The summed E-state index contributed by atoms with van der Waals surface area (Å²) in [5, 5.41) is 3.06. The van der Waals surface area contributed by atoms with Gasteiger partial charge in [-0.25, -0.2) is 4.79 Å². The zero-order chi connectivity index (χ0) is 20.5. The minimum atomic E-state index is -4.35. The number of benzene rings is 2. The van der Waals surface area contributed by atoms with E-state index in [0.717, 1.165) is 18.9 Å². The highest BCUT2D eigenvalue weighted by atomic mass is 19.4. The van der Waals surface area contributed by atoms with Crippen LogP contribution < -0.4 is 10.2 Å². The third-order valence-electron chi connectivity index (χ3n) is 5.92. The van der Waals surface area contributed by atoms with E-state index in [1.54, 1.807) is 11.0 Å². The van der Waals surface area contributed by atoms with Crippen molar-refractivity contribution in [2.45, 2.75) is 24.4 Å². The maximum absolute atomic E-state index is 12.9. The van der Waals surface area contributed by atoms with Crippen molar-refractivity contribution in [1.82, 2.24) is 10.2 Å². The molecule has 2 aromatic carbocycles. The van der Waals surface area contributed by atoms with Gasteiger partial charge in [-0.05, 0) is 36.6 Å². The summed E-state index contributed by atoms with van der Waals surface area (Å²) < 4.78 is 38.8. The molecular weight excluding hydrogens is 379 g/mol. The molecule has 154 valence electrons. The van der Waals surface area contributed by atoms with Crippen LogP contribution in [0.2, 0.25) is 0 Å². The standard InChI is InChI=1S/C22H24F3N3O/c23-22(24,25)18-7-4-8-19(15-18)27-11-13-28(14-12-27)20(29)26-16-21(9-10-21)17-5-2-1-3-6-17/h1-8,15H,9-14,16H2,(H,26,29). The Labute approximate surface area is 168 Å². The molecule has 2 amide bonds. The van der Waals surface area contributed by atoms with Gasteiger partial charge in [0.2, 0.25) is 0 Å². The SMILES string of the molecule is O=C(NCC1(c2ccccc2)CC1)N1CCN(c2cccc(C(F)(F)F)c2)CC1. The first-order chi connectivity index (χ1) is 13.9. The Hall–Kier alpha value is -2.70. The minimum Gasteiger partial charge on any atom is -0.368 e.